The maximum absolute atomic E-state index is 13.5. The van der Waals surface area contributed by atoms with Crippen LogP contribution in [0.5, 0.6) is 0 Å². The maximum atomic E-state index is 13.5. The number of amides is 1. The molecule has 0 bridgehead atoms. The van der Waals surface area contributed by atoms with Gasteiger partial charge in [0.15, 0.2) is 6.10 Å². The number of carbonyl (C=O) groups is 5. The first-order valence-corrected chi connectivity index (χ1v) is 27.1. The molecule has 0 aliphatic heterocycles. The minimum Gasteiger partial charge on any atom is -0.462 e. The molecule has 1 N–H and O–H groups in total. The summed E-state index contributed by atoms with van der Waals surface area (Å²) < 4.78 is 27.6. The topological polar surface area (TPSA) is 144 Å². The highest BCUT2D eigenvalue weighted by atomic mass is 16.6. The predicted molar refractivity (Wildman–Crippen MR) is 270 cm³/mol. The lowest BCUT2D eigenvalue weighted by molar-refractivity contribution is -0.167. The van der Waals surface area contributed by atoms with Crippen molar-refractivity contribution in [3.8, 4) is 0 Å². The summed E-state index contributed by atoms with van der Waals surface area (Å²) in [5, 5.41) is 2.51. The van der Waals surface area contributed by atoms with Gasteiger partial charge >= 0.3 is 30.0 Å². The third-order valence-corrected chi connectivity index (χ3v) is 12.0. The molecule has 0 saturated carbocycles. The van der Waals surface area contributed by atoms with Gasteiger partial charge in [-0.05, 0) is 45.6 Å². The Bertz CT molecular complexity index is 1380. The summed E-state index contributed by atoms with van der Waals surface area (Å²) in [6, 6.07) is 7.95. The summed E-state index contributed by atoms with van der Waals surface area (Å²) in [7, 11) is 0. The first kappa shape index (κ1) is 61.4. The highest BCUT2D eigenvalue weighted by Crippen LogP contribution is 2.17. The highest BCUT2D eigenvalue weighted by Gasteiger charge is 2.28. The number of alkyl carbamates (subject to hydrolysis) is 1. The summed E-state index contributed by atoms with van der Waals surface area (Å²) >= 11 is 0. The highest BCUT2D eigenvalue weighted by molar-refractivity contribution is 5.82. The van der Waals surface area contributed by atoms with E-state index in [2.05, 4.69) is 19.2 Å². The fraction of sp³-hybridized carbons (Fsp3) is 0.804. The standard InChI is InChI=1S/C56H97NO10/c1-6-8-10-12-14-16-18-20-22-24-26-28-30-32-37-41-51(58)64-46-49(66-53(60)42-38-33-31-29-27-25-23-21-19-17-15-13-11-9-7-2)47-65-54(61)50(57-55(62)67-56(3,4)5)43-44-52(59)63-45-48-39-35-34-36-40-48/h34-36,39-40,49-50H,6-33,37-38,41-47H2,1-5H3,(H,57,62). The van der Waals surface area contributed by atoms with Crippen LogP contribution in [0.25, 0.3) is 0 Å². The predicted octanol–water partition coefficient (Wildman–Crippen LogP) is 14.9. The normalized spacial score (nSPS) is 12.3. The Morgan fingerprint density at radius 2 is 0.866 bits per heavy atom. The van der Waals surface area contributed by atoms with Gasteiger partial charge in [-0.2, -0.15) is 0 Å². The number of unbranched alkanes of at least 4 members (excludes halogenated alkanes) is 28. The first-order valence-electron chi connectivity index (χ1n) is 27.1. The van der Waals surface area contributed by atoms with Gasteiger partial charge in [-0.1, -0.05) is 224 Å². The zero-order valence-corrected chi connectivity index (χ0v) is 43.3. The molecule has 1 aromatic carbocycles. The molecule has 1 aromatic rings. The Balaban J connectivity index is 2.63. The average molecular weight is 944 g/mol. The maximum Gasteiger partial charge on any atom is 0.408 e. The van der Waals surface area contributed by atoms with Crippen LogP contribution >= 0.6 is 0 Å². The fourth-order valence-corrected chi connectivity index (χ4v) is 7.95. The molecule has 2 unspecified atom stereocenters. The van der Waals surface area contributed by atoms with Crippen LogP contribution in [0.2, 0.25) is 0 Å². The molecule has 11 heteroatoms. The van der Waals surface area contributed by atoms with Crippen LogP contribution < -0.4 is 5.32 Å². The Kier molecular flexibility index (Phi) is 38.9. The SMILES string of the molecule is CCCCCCCCCCCCCCCCCC(=O)OCC(COC(=O)C(CCC(=O)OCc1ccccc1)NC(=O)OC(C)(C)C)OC(=O)CCCCCCCCCCCCCCCCC. The number of hydrogen-bond donors (Lipinski definition) is 1. The molecule has 2 atom stereocenters. The van der Waals surface area contributed by atoms with Crippen molar-refractivity contribution in [1.82, 2.24) is 5.32 Å². The van der Waals surface area contributed by atoms with Gasteiger partial charge in [0, 0.05) is 19.3 Å². The molecule has 0 aliphatic carbocycles. The monoisotopic (exact) mass is 944 g/mol. The number of carbonyl (C=O) groups excluding carboxylic acids is 5. The van der Waals surface area contributed by atoms with E-state index in [9.17, 15) is 24.0 Å². The van der Waals surface area contributed by atoms with Gasteiger partial charge in [-0.25, -0.2) is 9.59 Å². The molecule has 0 aliphatic rings. The first-order chi connectivity index (χ1) is 32.4. The van der Waals surface area contributed by atoms with Crippen molar-refractivity contribution in [3.05, 3.63) is 35.9 Å². The summed E-state index contributed by atoms with van der Waals surface area (Å²) in [5.74, 6) is -2.27. The summed E-state index contributed by atoms with van der Waals surface area (Å²) in [5.41, 5.74) is -0.0236. The molecular formula is C56H97NO10. The fourth-order valence-electron chi connectivity index (χ4n) is 7.95. The lowest BCUT2D eigenvalue weighted by Crippen LogP contribution is -2.45. The van der Waals surface area contributed by atoms with Crippen molar-refractivity contribution in [2.45, 2.75) is 277 Å². The number of rotatable bonds is 44. The zero-order valence-electron chi connectivity index (χ0n) is 43.3. The van der Waals surface area contributed by atoms with Gasteiger partial charge in [0.2, 0.25) is 0 Å². The van der Waals surface area contributed by atoms with Crippen LogP contribution in [0.15, 0.2) is 30.3 Å². The molecule has 0 aromatic heterocycles. The van der Waals surface area contributed by atoms with Crippen LogP contribution in [-0.4, -0.2) is 60.9 Å². The van der Waals surface area contributed by atoms with E-state index < -0.39 is 54.3 Å². The van der Waals surface area contributed by atoms with E-state index >= 15 is 0 Å². The molecule has 0 radical (unpaired) electrons. The molecule has 67 heavy (non-hydrogen) atoms. The summed E-state index contributed by atoms with van der Waals surface area (Å²) in [6.45, 7) is 8.99. The van der Waals surface area contributed by atoms with Gasteiger partial charge in [0.05, 0.1) is 0 Å². The quantitative estimate of drug-likeness (QED) is 0.0381. The Morgan fingerprint density at radius 3 is 1.30 bits per heavy atom. The number of benzene rings is 1. The Morgan fingerprint density at radius 1 is 0.478 bits per heavy atom. The van der Waals surface area contributed by atoms with Gasteiger partial charge in [0.25, 0.3) is 0 Å². The molecule has 1 amide bonds. The van der Waals surface area contributed by atoms with E-state index in [1.165, 1.54) is 141 Å². The molecule has 11 nitrogen and oxygen atoms in total. The molecule has 0 heterocycles. The number of ether oxygens (including phenoxy) is 5. The number of esters is 4. The minimum absolute atomic E-state index is 0.0683. The van der Waals surface area contributed by atoms with Crippen molar-refractivity contribution < 1.29 is 47.7 Å². The van der Waals surface area contributed by atoms with Crippen molar-refractivity contribution in [1.29, 1.82) is 0 Å². The molecule has 0 saturated heterocycles. The van der Waals surface area contributed by atoms with Gasteiger partial charge in [-0.3, -0.25) is 14.4 Å². The lowest BCUT2D eigenvalue weighted by Gasteiger charge is -2.24. The van der Waals surface area contributed by atoms with Crippen LogP contribution in [0.1, 0.15) is 258 Å². The van der Waals surface area contributed by atoms with E-state index in [1.807, 2.05) is 30.3 Å². The summed E-state index contributed by atoms with van der Waals surface area (Å²) in [6.07, 6.45) is 35.0. The van der Waals surface area contributed by atoms with Crippen LogP contribution in [-0.2, 0) is 49.5 Å². The van der Waals surface area contributed by atoms with E-state index in [0.717, 1.165) is 44.1 Å². The number of hydrogen-bond acceptors (Lipinski definition) is 10. The van der Waals surface area contributed by atoms with Crippen LogP contribution in [0, 0.1) is 0 Å². The Labute approximate surface area is 408 Å². The molecule has 1 rings (SSSR count). The van der Waals surface area contributed by atoms with Gasteiger partial charge in [-0.15, -0.1) is 0 Å². The lowest BCUT2D eigenvalue weighted by atomic mass is 10.0. The zero-order chi connectivity index (χ0) is 49.1. The Hall–Kier alpha value is -3.63. The number of nitrogens with one attached hydrogen (secondary N) is 1. The van der Waals surface area contributed by atoms with E-state index in [0.29, 0.717) is 12.8 Å². The minimum atomic E-state index is -1.26. The molecule has 0 spiro atoms. The van der Waals surface area contributed by atoms with Gasteiger partial charge in [0.1, 0.15) is 31.5 Å². The van der Waals surface area contributed by atoms with E-state index in [1.54, 1.807) is 20.8 Å². The second kappa shape index (κ2) is 42.5. The second-order valence-corrected chi connectivity index (χ2v) is 19.7. The molecular weight excluding hydrogens is 847 g/mol. The summed E-state index contributed by atoms with van der Waals surface area (Å²) in [4.78, 5) is 64.7. The smallest absolute Gasteiger partial charge is 0.408 e. The van der Waals surface area contributed by atoms with Gasteiger partial charge < -0.3 is 29.0 Å². The third-order valence-electron chi connectivity index (χ3n) is 12.0. The molecule has 386 valence electrons. The van der Waals surface area contributed by atoms with Crippen LogP contribution in [0.3, 0.4) is 0 Å². The van der Waals surface area contributed by atoms with Crippen molar-refractivity contribution in [3.63, 3.8) is 0 Å². The van der Waals surface area contributed by atoms with Crippen molar-refractivity contribution >= 4 is 30.0 Å². The van der Waals surface area contributed by atoms with Crippen LogP contribution in [0.4, 0.5) is 4.79 Å². The average Bonchev–Trinajstić information content (AvgIpc) is 3.30. The second-order valence-electron chi connectivity index (χ2n) is 19.7. The van der Waals surface area contributed by atoms with E-state index in [4.69, 9.17) is 23.7 Å². The van der Waals surface area contributed by atoms with Crippen molar-refractivity contribution in [2.75, 3.05) is 13.2 Å². The van der Waals surface area contributed by atoms with E-state index in [-0.39, 0.29) is 38.9 Å². The van der Waals surface area contributed by atoms with Crippen molar-refractivity contribution in [2.24, 2.45) is 0 Å². The third kappa shape index (κ3) is 40.0. The molecule has 0 fully saturated rings. The largest absolute Gasteiger partial charge is 0.462 e.